The molecule has 2 aromatic carbocycles. The minimum atomic E-state index is -1.06. The number of rotatable bonds is 8. The molecule has 2 unspecified atom stereocenters. The first-order chi connectivity index (χ1) is 13.0. The molecule has 27 heavy (non-hydrogen) atoms. The van der Waals surface area contributed by atoms with Crippen molar-refractivity contribution < 1.29 is 28.9 Å². The number of benzene rings is 2. The molecular weight excluding hydrogens is 350 g/mol. The van der Waals surface area contributed by atoms with E-state index in [9.17, 15) is 9.59 Å². The van der Waals surface area contributed by atoms with Crippen molar-refractivity contribution in [3.8, 4) is 17.2 Å². The van der Waals surface area contributed by atoms with E-state index in [4.69, 9.17) is 19.3 Å². The number of aliphatic carboxylic acids is 1. The summed E-state index contributed by atoms with van der Waals surface area (Å²) in [5, 5.41) is 11.5. The first-order valence-electron chi connectivity index (χ1n) is 8.49. The standard InChI is InChI=1S/C20H21NO6/c1-25-13-6-7-18(26-2)16(9-13)15-10-17(15)20(24)21-12-4-3-5-14(8-12)27-11-19(22)23/h3-9,15,17H,10-11H2,1-2H3,(H,21,24)(H,22,23). The lowest BCUT2D eigenvalue weighted by Crippen LogP contribution is -2.15. The number of amides is 1. The molecule has 0 saturated heterocycles. The van der Waals surface area contributed by atoms with Gasteiger partial charge in [0, 0.05) is 29.2 Å². The smallest absolute Gasteiger partial charge is 0.341 e. The lowest BCUT2D eigenvalue weighted by Gasteiger charge is -2.11. The Morgan fingerprint density at radius 2 is 1.93 bits per heavy atom. The van der Waals surface area contributed by atoms with Crippen molar-refractivity contribution in [3.05, 3.63) is 48.0 Å². The van der Waals surface area contributed by atoms with Crippen LogP contribution in [0.3, 0.4) is 0 Å². The third kappa shape index (κ3) is 4.49. The second-order valence-corrected chi connectivity index (χ2v) is 6.26. The first kappa shape index (κ1) is 18.6. The predicted octanol–water partition coefficient (Wildman–Crippen LogP) is 2.91. The summed E-state index contributed by atoms with van der Waals surface area (Å²) in [6, 6.07) is 12.2. The molecule has 0 aliphatic heterocycles. The van der Waals surface area contributed by atoms with Gasteiger partial charge in [-0.1, -0.05) is 6.07 Å². The van der Waals surface area contributed by atoms with Crippen LogP contribution in [0.5, 0.6) is 17.2 Å². The molecule has 3 rings (SSSR count). The van der Waals surface area contributed by atoms with Crippen LogP contribution in [0.15, 0.2) is 42.5 Å². The van der Waals surface area contributed by atoms with E-state index in [0.717, 1.165) is 23.5 Å². The molecule has 2 atom stereocenters. The van der Waals surface area contributed by atoms with Gasteiger partial charge >= 0.3 is 5.97 Å². The van der Waals surface area contributed by atoms with Gasteiger partial charge in [0.05, 0.1) is 14.2 Å². The number of carbonyl (C=O) groups excluding carboxylic acids is 1. The van der Waals surface area contributed by atoms with E-state index in [1.807, 2.05) is 18.2 Å². The van der Waals surface area contributed by atoms with E-state index in [-0.39, 0.29) is 17.7 Å². The van der Waals surface area contributed by atoms with Crippen LogP contribution in [0, 0.1) is 5.92 Å². The second-order valence-electron chi connectivity index (χ2n) is 6.26. The molecule has 142 valence electrons. The number of carboxylic acids is 1. The van der Waals surface area contributed by atoms with Crippen molar-refractivity contribution in [1.82, 2.24) is 0 Å². The summed E-state index contributed by atoms with van der Waals surface area (Å²) in [5.74, 6) is 0.603. The number of hydrogen-bond acceptors (Lipinski definition) is 5. The topological polar surface area (TPSA) is 94.1 Å². The van der Waals surface area contributed by atoms with Crippen LogP contribution in [0.4, 0.5) is 5.69 Å². The number of carbonyl (C=O) groups is 2. The van der Waals surface area contributed by atoms with Crippen molar-refractivity contribution in [2.75, 3.05) is 26.1 Å². The second kappa shape index (κ2) is 7.99. The Balaban J connectivity index is 1.65. The molecule has 0 heterocycles. The average molecular weight is 371 g/mol. The Bertz CT molecular complexity index is 850. The molecule has 1 amide bonds. The van der Waals surface area contributed by atoms with E-state index in [0.29, 0.717) is 11.4 Å². The summed E-state index contributed by atoms with van der Waals surface area (Å²) in [7, 11) is 3.20. The minimum absolute atomic E-state index is 0.0708. The zero-order valence-electron chi connectivity index (χ0n) is 15.1. The van der Waals surface area contributed by atoms with Gasteiger partial charge in [-0.2, -0.15) is 0 Å². The molecule has 0 aromatic heterocycles. The highest BCUT2D eigenvalue weighted by molar-refractivity contribution is 5.95. The molecule has 2 aromatic rings. The molecule has 1 saturated carbocycles. The van der Waals surface area contributed by atoms with E-state index >= 15 is 0 Å². The van der Waals surface area contributed by atoms with Gasteiger partial charge in [-0.05, 0) is 36.8 Å². The molecule has 0 bridgehead atoms. The minimum Gasteiger partial charge on any atom is -0.497 e. The maximum atomic E-state index is 12.6. The van der Waals surface area contributed by atoms with Crippen LogP contribution in [0.2, 0.25) is 0 Å². The molecule has 7 heteroatoms. The summed E-state index contributed by atoms with van der Waals surface area (Å²) >= 11 is 0. The molecule has 7 nitrogen and oxygen atoms in total. The van der Waals surface area contributed by atoms with Gasteiger partial charge in [-0.25, -0.2) is 4.79 Å². The molecular formula is C20H21NO6. The Morgan fingerprint density at radius 1 is 1.11 bits per heavy atom. The monoisotopic (exact) mass is 371 g/mol. The van der Waals surface area contributed by atoms with Crippen molar-refractivity contribution in [3.63, 3.8) is 0 Å². The number of anilines is 1. The molecule has 0 radical (unpaired) electrons. The van der Waals surface area contributed by atoms with Gasteiger partial charge in [0.15, 0.2) is 6.61 Å². The maximum Gasteiger partial charge on any atom is 0.341 e. The van der Waals surface area contributed by atoms with Crippen LogP contribution in [-0.4, -0.2) is 37.8 Å². The van der Waals surface area contributed by atoms with E-state index in [2.05, 4.69) is 5.32 Å². The Morgan fingerprint density at radius 3 is 2.63 bits per heavy atom. The van der Waals surface area contributed by atoms with Gasteiger partial charge < -0.3 is 24.6 Å². The largest absolute Gasteiger partial charge is 0.497 e. The molecule has 0 spiro atoms. The Kier molecular flexibility index (Phi) is 5.49. The molecule has 1 fully saturated rings. The van der Waals surface area contributed by atoms with Gasteiger partial charge in [0.2, 0.25) is 5.91 Å². The number of methoxy groups -OCH3 is 2. The van der Waals surface area contributed by atoms with Gasteiger partial charge in [-0.3, -0.25) is 4.79 Å². The lowest BCUT2D eigenvalue weighted by atomic mass is 10.1. The number of ether oxygens (including phenoxy) is 3. The van der Waals surface area contributed by atoms with Crippen LogP contribution >= 0.6 is 0 Å². The number of carboxylic acid groups (broad SMARTS) is 1. The maximum absolute atomic E-state index is 12.6. The van der Waals surface area contributed by atoms with Crippen molar-refractivity contribution in [2.24, 2.45) is 5.92 Å². The molecule has 1 aliphatic carbocycles. The average Bonchev–Trinajstić information content (AvgIpc) is 3.47. The summed E-state index contributed by atoms with van der Waals surface area (Å²) in [4.78, 5) is 23.2. The highest BCUT2D eigenvalue weighted by Gasteiger charge is 2.45. The quantitative estimate of drug-likeness (QED) is 0.741. The van der Waals surface area contributed by atoms with E-state index in [1.165, 1.54) is 0 Å². The number of hydrogen-bond donors (Lipinski definition) is 2. The lowest BCUT2D eigenvalue weighted by molar-refractivity contribution is -0.139. The number of nitrogens with one attached hydrogen (secondary N) is 1. The zero-order chi connectivity index (χ0) is 19.4. The predicted molar refractivity (Wildman–Crippen MR) is 98.6 cm³/mol. The first-order valence-corrected chi connectivity index (χ1v) is 8.49. The van der Waals surface area contributed by atoms with Gasteiger partial charge in [-0.15, -0.1) is 0 Å². The fourth-order valence-electron chi connectivity index (χ4n) is 3.00. The third-order valence-electron chi connectivity index (χ3n) is 4.43. The van der Waals surface area contributed by atoms with Gasteiger partial charge in [0.25, 0.3) is 0 Å². The molecule has 1 aliphatic rings. The summed E-state index contributed by atoms with van der Waals surface area (Å²) < 4.78 is 15.8. The Hall–Kier alpha value is -3.22. The van der Waals surface area contributed by atoms with Crippen LogP contribution in [-0.2, 0) is 9.59 Å². The normalized spacial score (nSPS) is 17.7. The third-order valence-corrected chi connectivity index (χ3v) is 4.43. The van der Waals surface area contributed by atoms with Gasteiger partial charge in [0.1, 0.15) is 17.2 Å². The summed E-state index contributed by atoms with van der Waals surface area (Å²) in [6.07, 6.45) is 0.727. The van der Waals surface area contributed by atoms with Crippen molar-refractivity contribution >= 4 is 17.6 Å². The summed E-state index contributed by atoms with van der Waals surface area (Å²) in [5.41, 5.74) is 1.52. The highest BCUT2D eigenvalue weighted by Crippen LogP contribution is 2.51. The SMILES string of the molecule is COc1ccc(OC)c(C2CC2C(=O)Nc2cccc(OCC(=O)O)c2)c1. The van der Waals surface area contributed by atoms with Crippen LogP contribution in [0.25, 0.3) is 0 Å². The van der Waals surface area contributed by atoms with E-state index < -0.39 is 12.6 Å². The van der Waals surface area contributed by atoms with Crippen LogP contribution < -0.4 is 19.5 Å². The summed E-state index contributed by atoms with van der Waals surface area (Å²) in [6.45, 7) is -0.433. The fourth-order valence-corrected chi connectivity index (χ4v) is 3.00. The van der Waals surface area contributed by atoms with Crippen molar-refractivity contribution in [2.45, 2.75) is 12.3 Å². The van der Waals surface area contributed by atoms with Crippen LogP contribution in [0.1, 0.15) is 17.9 Å². The highest BCUT2D eigenvalue weighted by atomic mass is 16.5. The fraction of sp³-hybridized carbons (Fsp3) is 0.300. The van der Waals surface area contributed by atoms with Crippen molar-refractivity contribution in [1.29, 1.82) is 0 Å². The van der Waals surface area contributed by atoms with E-state index in [1.54, 1.807) is 38.5 Å². The zero-order valence-corrected chi connectivity index (χ0v) is 15.1. The molecule has 2 N–H and O–H groups in total. The Labute approximate surface area is 156 Å².